The summed E-state index contributed by atoms with van der Waals surface area (Å²) < 4.78 is 0. The first-order valence-corrected chi connectivity index (χ1v) is 4.65. The van der Waals surface area contributed by atoms with Gasteiger partial charge in [0.2, 0.25) is 0 Å². The zero-order valence-electron chi connectivity index (χ0n) is 8.22. The maximum Gasteiger partial charge on any atom is 0.194 e. The van der Waals surface area contributed by atoms with Crippen LogP contribution in [0.15, 0.2) is 41.8 Å². The van der Waals surface area contributed by atoms with Gasteiger partial charge in [-0.1, -0.05) is 6.07 Å². The monoisotopic (exact) mass is 203 g/mol. The molecule has 0 spiro atoms. The van der Waals surface area contributed by atoms with Gasteiger partial charge in [-0.05, 0) is 17.7 Å². The van der Waals surface area contributed by atoms with Gasteiger partial charge in [0.15, 0.2) is 5.96 Å². The van der Waals surface area contributed by atoms with Crippen molar-refractivity contribution in [3.05, 3.63) is 42.4 Å². The molecule has 2 heterocycles. The van der Waals surface area contributed by atoms with Crippen LogP contribution in [-0.2, 0) is 6.42 Å². The van der Waals surface area contributed by atoms with Crippen molar-refractivity contribution >= 4 is 5.96 Å². The van der Waals surface area contributed by atoms with Crippen LogP contribution in [0, 0.1) is 0 Å². The summed E-state index contributed by atoms with van der Waals surface area (Å²) in [5.74, 6) is 0.337. The van der Waals surface area contributed by atoms with Gasteiger partial charge in [0, 0.05) is 25.0 Å². The molecule has 1 atom stereocenters. The molecule has 15 heavy (non-hydrogen) atoms. The number of hydrogen-bond donors (Lipinski definition) is 3. The van der Waals surface area contributed by atoms with Crippen molar-refractivity contribution in [2.45, 2.75) is 12.1 Å². The number of hydrogen-bond acceptors (Lipinski definition) is 5. The number of nitrogens with one attached hydrogen (secondary N) is 1. The minimum atomic E-state index is -0.766. The number of nitrogens with zero attached hydrogens (tertiary/aromatic N) is 2. The van der Waals surface area contributed by atoms with Crippen molar-refractivity contribution in [3.63, 3.8) is 0 Å². The zero-order chi connectivity index (χ0) is 10.7. The molecule has 1 aromatic rings. The summed E-state index contributed by atoms with van der Waals surface area (Å²) in [6.07, 6.45) is 7.58. The Morgan fingerprint density at radius 2 is 2.33 bits per heavy atom. The van der Waals surface area contributed by atoms with Crippen LogP contribution in [0.2, 0.25) is 0 Å². The van der Waals surface area contributed by atoms with Crippen molar-refractivity contribution < 1.29 is 0 Å². The van der Waals surface area contributed by atoms with Gasteiger partial charge >= 0.3 is 0 Å². The molecule has 5 heteroatoms. The third kappa shape index (κ3) is 2.32. The van der Waals surface area contributed by atoms with E-state index in [1.807, 2.05) is 12.1 Å². The van der Waals surface area contributed by atoms with E-state index in [-0.39, 0.29) is 0 Å². The third-order valence-corrected chi connectivity index (χ3v) is 2.14. The Kier molecular flexibility index (Phi) is 2.39. The lowest BCUT2D eigenvalue weighted by atomic mass is 10.0. The molecule has 0 amide bonds. The topological polar surface area (TPSA) is 89.3 Å². The molecule has 1 aliphatic heterocycles. The fraction of sp³-hybridized carbons (Fsp3) is 0.200. The quantitative estimate of drug-likeness (QED) is 0.616. The van der Waals surface area contributed by atoms with Crippen LogP contribution >= 0.6 is 0 Å². The van der Waals surface area contributed by atoms with Crippen LogP contribution in [0.5, 0.6) is 0 Å². The highest BCUT2D eigenvalue weighted by Gasteiger charge is 2.23. The summed E-state index contributed by atoms with van der Waals surface area (Å²) in [7, 11) is 0. The number of aliphatic imine (C=N–C) groups is 1. The lowest BCUT2D eigenvalue weighted by Crippen LogP contribution is -2.45. The maximum absolute atomic E-state index is 6.06. The van der Waals surface area contributed by atoms with Crippen molar-refractivity contribution in [2.75, 3.05) is 0 Å². The molecule has 0 aromatic carbocycles. The highest BCUT2D eigenvalue weighted by Crippen LogP contribution is 2.14. The number of guanidine groups is 1. The second-order valence-corrected chi connectivity index (χ2v) is 3.50. The summed E-state index contributed by atoms with van der Waals surface area (Å²) in [5.41, 5.74) is 11.9. The Morgan fingerprint density at radius 1 is 1.47 bits per heavy atom. The van der Waals surface area contributed by atoms with Crippen LogP contribution in [-0.4, -0.2) is 16.6 Å². The lowest BCUT2D eigenvalue weighted by molar-refractivity contribution is 0.541. The van der Waals surface area contributed by atoms with Gasteiger partial charge in [-0.25, -0.2) is 4.99 Å². The molecule has 0 saturated carbocycles. The fourth-order valence-electron chi connectivity index (χ4n) is 1.49. The van der Waals surface area contributed by atoms with E-state index >= 15 is 0 Å². The van der Waals surface area contributed by atoms with E-state index in [9.17, 15) is 0 Å². The first kappa shape index (κ1) is 9.67. The Labute approximate surface area is 87.9 Å². The van der Waals surface area contributed by atoms with Crippen LogP contribution < -0.4 is 16.8 Å². The molecule has 1 aliphatic rings. The van der Waals surface area contributed by atoms with E-state index in [1.165, 1.54) is 0 Å². The molecule has 0 saturated heterocycles. The Hall–Kier alpha value is -1.88. The summed E-state index contributed by atoms with van der Waals surface area (Å²) >= 11 is 0. The van der Waals surface area contributed by atoms with Gasteiger partial charge in [-0.15, -0.1) is 0 Å². The number of aromatic nitrogens is 1. The first-order valence-electron chi connectivity index (χ1n) is 4.65. The van der Waals surface area contributed by atoms with Gasteiger partial charge in [0.1, 0.15) is 5.66 Å². The molecule has 0 radical (unpaired) electrons. The number of rotatable bonds is 2. The summed E-state index contributed by atoms with van der Waals surface area (Å²) in [4.78, 5) is 8.18. The van der Waals surface area contributed by atoms with E-state index in [0.717, 1.165) is 5.56 Å². The van der Waals surface area contributed by atoms with Crippen molar-refractivity contribution in [1.82, 2.24) is 10.3 Å². The van der Waals surface area contributed by atoms with Crippen LogP contribution in [0.1, 0.15) is 5.56 Å². The molecule has 78 valence electrons. The Bertz CT molecular complexity index is 398. The average molecular weight is 203 g/mol. The van der Waals surface area contributed by atoms with Gasteiger partial charge in [0.05, 0.1) is 0 Å². The Morgan fingerprint density at radius 3 is 3.00 bits per heavy atom. The number of nitrogens with two attached hydrogens (primary N) is 2. The first-order chi connectivity index (χ1) is 7.18. The zero-order valence-corrected chi connectivity index (χ0v) is 8.22. The standard InChI is InChI=1S/C10H13N5/c11-9-14-5-3-10(12,15-9)6-8-2-1-4-13-7-8/h1-5,7H,6,12H2,(H3,11,14,15). The maximum atomic E-state index is 6.06. The summed E-state index contributed by atoms with van der Waals surface area (Å²) in [6, 6.07) is 3.83. The molecule has 5 nitrogen and oxygen atoms in total. The smallest absolute Gasteiger partial charge is 0.194 e. The molecule has 5 N–H and O–H groups in total. The fourth-order valence-corrected chi connectivity index (χ4v) is 1.49. The Balaban J connectivity index is 2.18. The highest BCUT2D eigenvalue weighted by atomic mass is 15.2. The van der Waals surface area contributed by atoms with Crippen LogP contribution in [0.25, 0.3) is 0 Å². The van der Waals surface area contributed by atoms with E-state index in [2.05, 4.69) is 15.3 Å². The predicted octanol–water partition coefficient (Wildman–Crippen LogP) is -0.289. The second-order valence-electron chi connectivity index (χ2n) is 3.50. The molecule has 0 bridgehead atoms. The lowest BCUT2D eigenvalue weighted by Gasteiger charge is -2.24. The van der Waals surface area contributed by atoms with Crippen LogP contribution in [0.4, 0.5) is 0 Å². The molecule has 1 aromatic heterocycles. The van der Waals surface area contributed by atoms with E-state index in [1.54, 1.807) is 24.7 Å². The molecular weight excluding hydrogens is 190 g/mol. The van der Waals surface area contributed by atoms with Gasteiger partial charge < -0.3 is 16.8 Å². The highest BCUT2D eigenvalue weighted by molar-refractivity contribution is 5.80. The number of pyridine rings is 1. The molecule has 0 aliphatic carbocycles. The minimum Gasteiger partial charge on any atom is -0.370 e. The second kappa shape index (κ2) is 3.70. The van der Waals surface area contributed by atoms with E-state index < -0.39 is 5.66 Å². The van der Waals surface area contributed by atoms with E-state index in [0.29, 0.717) is 12.4 Å². The van der Waals surface area contributed by atoms with Gasteiger partial charge in [-0.3, -0.25) is 4.98 Å². The molecule has 1 unspecified atom stereocenters. The predicted molar refractivity (Wildman–Crippen MR) is 58.8 cm³/mol. The molecular formula is C10H13N5. The summed E-state index contributed by atoms with van der Waals surface area (Å²) in [6.45, 7) is 0. The van der Waals surface area contributed by atoms with Gasteiger partial charge in [-0.2, -0.15) is 0 Å². The average Bonchev–Trinajstić information content (AvgIpc) is 2.18. The van der Waals surface area contributed by atoms with Crippen molar-refractivity contribution in [1.29, 1.82) is 0 Å². The minimum absolute atomic E-state index is 0.337. The third-order valence-electron chi connectivity index (χ3n) is 2.14. The molecule has 2 rings (SSSR count). The largest absolute Gasteiger partial charge is 0.370 e. The van der Waals surface area contributed by atoms with Gasteiger partial charge in [0.25, 0.3) is 0 Å². The van der Waals surface area contributed by atoms with E-state index in [4.69, 9.17) is 11.5 Å². The van der Waals surface area contributed by atoms with Crippen LogP contribution in [0.3, 0.4) is 0 Å². The van der Waals surface area contributed by atoms with Crippen molar-refractivity contribution in [2.24, 2.45) is 16.5 Å². The SMILES string of the molecule is NC1=NC(N)(Cc2cccnc2)C=CN1. The normalized spacial score (nSPS) is 24.5. The summed E-state index contributed by atoms with van der Waals surface area (Å²) in [5, 5.41) is 2.77. The van der Waals surface area contributed by atoms with Crippen molar-refractivity contribution in [3.8, 4) is 0 Å². The molecule has 0 fully saturated rings.